The molecule has 8 heteroatoms. The van der Waals surface area contributed by atoms with Crippen molar-refractivity contribution in [2.75, 3.05) is 18.9 Å². The third kappa shape index (κ3) is 4.92. The fourth-order valence-corrected chi connectivity index (χ4v) is 4.18. The maximum Gasteiger partial charge on any atom is 0.325 e. The van der Waals surface area contributed by atoms with Crippen LogP contribution in [0.4, 0.5) is 0 Å². The van der Waals surface area contributed by atoms with Crippen molar-refractivity contribution in [2.45, 2.75) is 45.6 Å². The van der Waals surface area contributed by atoms with Gasteiger partial charge in [-0.2, -0.15) is 0 Å². The quantitative estimate of drug-likeness (QED) is 0.451. The Morgan fingerprint density at radius 2 is 2.00 bits per heavy atom. The minimum Gasteiger partial charge on any atom is -0.465 e. The van der Waals surface area contributed by atoms with Gasteiger partial charge in [0.15, 0.2) is 0 Å². The Morgan fingerprint density at radius 3 is 2.64 bits per heavy atom. The largest absolute Gasteiger partial charge is 0.465 e. The summed E-state index contributed by atoms with van der Waals surface area (Å²) in [6, 6.07) is 0. The average Bonchev–Trinajstić information content (AvgIpc) is 2.85. The van der Waals surface area contributed by atoms with E-state index < -0.39 is 5.97 Å². The molecule has 136 valence electrons. The molecule has 0 atom stereocenters. The maximum absolute atomic E-state index is 12.0. The van der Waals surface area contributed by atoms with E-state index in [4.69, 9.17) is 4.74 Å². The lowest BCUT2D eigenvalue weighted by atomic mass is 10.2. The first-order valence-electron chi connectivity index (χ1n) is 8.16. The van der Waals surface area contributed by atoms with Gasteiger partial charge >= 0.3 is 5.97 Å². The third-order valence-corrected chi connectivity index (χ3v) is 5.68. The predicted octanol–water partition coefficient (Wildman–Crippen LogP) is 3.20. The lowest BCUT2D eigenvalue weighted by molar-refractivity contribution is -0.143. The van der Waals surface area contributed by atoms with Crippen molar-refractivity contribution in [3.8, 4) is 0 Å². The molecule has 0 aliphatic carbocycles. The lowest BCUT2D eigenvalue weighted by Crippen LogP contribution is -2.31. The standard InChI is InChI=1S/C17H23N3O3S2/c1-6-23-13(22)7-18-12(21)8-24-16-14-10(4)11(5)25-17(14)20-15(19-16)9(2)3/h9H,6-8H2,1-5H3,(H,18,21). The van der Waals surface area contributed by atoms with Crippen LogP contribution in [0.15, 0.2) is 5.03 Å². The highest BCUT2D eigenvalue weighted by atomic mass is 32.2. The van der Waals surface area contributed by atoms with Crippen LogP contribution < -0.4 is 5.32 Å². The van der Waals surface area contributed by atoms with Gasteiger partial charge in [-0.05, 0) is 26.3 Å². The lowest BCUT2D eigenvalue weighted by Gasteiger charge is -2.09. The number of aromatic nitrogens is 2. The van der Waals surface area contributed by atoms with Crippen molar-refractivity contribution >= 4 is 45.2 Å². The molecule has 25 heavy (non-hydrogen) atoms. The van der Waals surface area contributed by atoms with Gasteiger partial charge in [0.2, 0.25) is 5.91 Å². The number of thiophene rings is 1. The van der Waals surface area contributed by atoms with Crippen LogP contribution in [-0.2, 0) is 14.3 Å². The fraction of sp³-hybridized carbons (Fsp3) is 0.529. The molecule has 1 N–H and O–H groups in total. The molecule has 0 radical (unpaired) electrons. The number of nitrogens with one attached hydrogen (secondary N) is 1. The number of hydrogen-bond donors (Lipinski definition) is 1. The van der Waals surface area contributed by atoms with Gasteiger partial charge in [0.1, 0.15) is 22.2 Å². The molecule has 0 aromatic carbocycles. The van der Waals surface area contributed by atoms with Crippen LogP contribution in [-0.4, -0.2) is 40.7 Å². The van der Waals surface area contributed by atoms with E-state index in [-0.39, 0.29) is 24.1 Å². The van der Waals surface area contributed by atoms with E-state index in [1.54, 1.807) is 18.3 Å². The predicted molar refractivity (Wildman–Crippen MR) is 101 cm³/mol. The number of hydrogen-bond acceptors (Lipinski definition) is 7. The first kappa shape index (κ1) is 19.7. The maximum atomic E-state index is 12.0. The molecule has 0 aliphatic rings. The van der Waals surface area contributed by atoms with Crippen molar-refractivity contribution in [3.63, 3.8) is 0 Å². The minimum absolute atomic E-state index is 0.111. The van der Waals surface area contributed by atoms with E-state index >= 15 is 0 Å². The zero-order valence-corrected chi connectivity index (χ0v) is 16.8. The highest BCUT2D eigenvalue weighted by molar-refractivity contribution is 8.00. The molecule has 0 fully saturated rings. The Labute approximate surface area is 155 Å². The first-order valence-corrected chi connectivity index (χ1v) is 9.96. The van der Waals surface area contributed by atoms with E-state index in [1.165, 1.54) is 16.6 Å². The van der Waals surface area contributed by atoms with Gasteiger partial charge in [-0.3, -0.25) is 9.59 Å². The van der Waals surface area contributed by atoms with E-state index in [2.05, 4.69) is 43.0 Å². The topological polar surface area (TPSA) is 81.2 Å². The van der Waals surface area contributed by atoms with Crippen molar-refractivity contribution < 1.29 is 14.3 Å². The van der Waals surface area contributed by atoms with Gasteiger partial charge < -0.3 is 10.1 Å². The Morgan fingerprint density at radius 1 is 1.28 bits per heavy atom. The highest BCUT2D eigenvalue weighted by Gasteiger charge is 2.17. The van der Waals surface area contributed by atoms with Crippen LogP contribution in [0.25, 0.3) is 10.2 Å². The Bertz CT molecular complexity index is 787. The number of fused-ring (bicyclic) bond motifs is 1. The van der Waals surface area contributed by atoms with Crippen molar-refractivity contribution in [3.05, 3.63) is 16.3 Å². The smallest absolute Gasteiger partial charge is 0.325 e. The van der Waals surface area contributed by atoms with E-state index in [9.17, 15) is 9.59 Å². The van der Waals surface area contributed by atoms with Crippen molar-refractivity contribution in [2.24, 2.45) is 0 Å². The van der Waals surface area contributed by atoms with E-state index in [0.29, 0.717) is 6.61 Å². The number of aryl methyl sites for hydroxylation is 2. The second kappa shape index (κ2) is 8.62. The molecule has 0 bridgehead atoms. The van der Waals surface area contributed by atoms with Crippen LogP contribution >= 0.6 is 23.1 Å². The summed E-state index contributed by atoms with van der Waals surface area (Å²) in [7, 11) is 0. The Hall–Kier alpha value is -1.67. The number of ether oxygens (including phenoxy) is 1. The summed E-state index contributed by atoms with van der Waals surface area (Å²) in [4.78, 5) is 34.8. The average molecular weight is 382 g/mol. The van der Waals surface area contributed by atoms with E-state index in [1.807, 2.05) is 0 Å². The summed E-state index contributed by atoms with van der Waals surface area (Å²) >= 11 is 3.03. The molecule has 2 aromatic rings. The molecular formula is C17H23N3O3S2. The van der Waals surface area contributed by atoms with Gasteiger partial charge in [-0.25, -0.2) is 9.97 Å². The number of carbonyl (C=O) groups is 2. The Kier molecular flexibility index (Phi) is 6.78. The molecule has 2 rings (SSSR count). The molecular weight excluding hydrogens is 358 g/mol. The van der Waals surface area contributed by atoms with E-state index in [0.717, 1.165) is 26.6 Å². The molecule has 0 spiro atoms. The fourth-order valence-electron chi connectivity index (χ4n) is 2.16. The summed E-state index contributed by atoms with van der Waals surface area (Å²) in [5.41, 5.74) is 1.16. The molecule has 1 amide bonds. The number of carbonyl (C=O) groups excluding carboxylic acids is 2. The number of nitrogens with zero attached hydrogens (tertiary/aromatic N) is 2. The van der Waals surface area contributed by atoms with Crippen LogP contribution in [0.3, 0.4) is 0 Å². The van der Waals surface area contributed by atoms with Gasteiger partial charge in [0.05, 0.1) is 12.4 Å². The SMILES string of the molecule is CCOC(=O)CNC(=O)CSc1nc(C(C)C)nc2sc(C)c(C)c12. The summed E-state index contributed by atoms with van der Waals surface area (Å²) in [5, 5.41) is 4.41. The molecule has 2 aromatic heterocycles. The zero-order chi connectivity index (χ0) is 18.6. The second-order valence-electron chi connectivity index (χ2n) is 5.88. The third-order valence-electron chi connectivity index (χ3n) is 3.60. The van der Waals surface area contributed by atoms with Crippen molar-refractivity contribution in [1.29, 1.82) is 0 Å². The number of rotatable bonds is 7. The molecule has 2 heterocycles. The molecule has 0 unspecified atom stereocenters. The van der Waals surface area contributed by atoms with Crippen molar-refractivity contribution in [1.82, 2.24) is 15.3 Å². The molecule has 0 aliphatic heterocycles. The minimum atomic E-state index is -0.434. The normalized spacial score (nSPS) is 11.1. The van der Waals surface area contributed by atoms with Crippen LogP contribution in [0, 0.1) is 13.8 Å². The number of esters is 1. The van der Waals surface area contributed by atoms with Gasteiger partial charge in [0, 0.05) is 16.2 Å². The summed E-state index contributed by atoms with van der Waals surface area (Å²) in [6.45, 7) is 10.1. The van der Waals surface area contributed by atoms with Gasteiger partial charge in [0.25, 0.3) is 0 Å². The first-order chi connectivity index (χ1) is 11.8. The van der Waals surface area contributed by atoms with Gasteiger partial charge in [-0.1, -0.05) is 25.6 Å². The summed E-state index contributed by atoms with van der Waals surface area (Å²) in [5.74, 6) is 0.529. The monoisotopic (exact) mass is 381 g/mol. The van der Waals surface area contributed by atoms with Crippen LogP contribution in [0.2, 0.25) is 0 Å². The molecule has 6 nitrogen and oxygen atoms in total. The zero-order valence-electron chi connectivity index (χ0n) is 15.1. The summed E-state index contributed by atoms with van der Waals surface area (Å²) < 4.78 is 4.79. The highest BCUT2D eigenvalue weighted by Crippen LogP contribution is 2.35. The number of thioether (sulfide) groups is 1. The molecule has 0 saturated heterocycles. The van der Waals surface area contributed by atoms with Crippen LogP contribution in [0.1, 0.15) is 43.0 Å². The number of amides is 1. The van der Waals surface area contributed by atoms with Crippen LogP contribution in [0.5, 0.6) is 0 Å². The summed E-state index contributed by atoms with van der Waals surface area (Å²) in [6.07, 6.45) is 0. The second-order valence-corrected chi connectivity index (χ2v) is 8.04. The van der Waals surface area contributed by atoms with Gasteiger partial charge in [-0.15, -0.1) is 11.3 Å². The molecule has 0 saturated carbocycles. The Balaban J connectivity index is 2.14.